The molecule has 0 aliphatic rings. The molecule has 0 bridgehead atoms. The number of benzene rings is 2. The molecule has 0 fully saturated rings. The van der Waals surface area contributed by atoms with E-state index >= 15 is 0 Å². The van der Waals surface area contributed by atoms with Gasteiger partial charge in [-0.05, 0) is 28.1 Å². The minimum atomic E-state index is -0.719. The SMILES string of the molecule is O=[N+]([O-])c1cc(-n2nnnc2SCc2ccc(Cl)c(Cl)c2)cc([N+](=O)[O-])c1. The van der Waals surface area contributed by atoms with Crippen molar-refractivity contribution in [2.75, 3.05) is 0 Å². The summed E-state index contributed by atoms with van der Waals surface area (Å²) in [6.07, 6.45) is 0. The van der Waals surface area contributed by atoms with Crippen LogP contribution in [0.4, 0.5) is 11.4 Å². The molecule has 3 aromatic rings. The van der Waals surface area contributed by atoms with Crippen LogP contribution in [-0.2, 0) is 5.75 Å². The van der Waals surface area contributed by atoms with Crippen molar-refractivity contribution in [2.24, 2.45) is 0 Å². The van der Waals surface area contributed by atoms with Gasteiger partial charge in [-0.15, -0.1) is 5.10 Å². The number of tetrazole rings is 1. The van der Waals surface area contributed by atoms with Gasteiger partial charge in [-0.2, -0.15) is 4.68 Å². The zero-order chi connectivity index (χ0) is 19.6. The summed E-state index contributed by atoms with van der Waals surface area (Å²) in [5, 5.41) is 34.4. The van der Waals surface area contributed by atoms with Crippen LogP contribution in [0.2, 0.25) is 10.0 Å². The maximum Gasteiger partial charge on any atom is 0.278 e. The highest BCUT2D eigenvalue weighted by Crippen LogP contribution is 2.29. The topological polar surface area (TPSA) is 130 Å². The van der Waals surface area contributed by atoms with Crippen molar-refractivity contribution >= 4 is 46.3 Å². The van der Waals surface area contributed by atoms with E-state index in [0.717, 1.165) is 23.8 Å². The highest BCUT2D eigenvalue weighted by atomic mass is 35.5. The normalized spacial score (nSPS) is 10.7. The minimum Gasteiger partial charge on any atom is -0.258 e. The number of hydrogen-bond acceptors (Lipinski definition) is 8. The maximum atomic E-state index is 11.0. The number of nitrogens with zero attached hydrogens (tertiary/aromatic N) is 6. The first-order chi connectivity index (χ1) is 12.8. The van der Waals surface area contributed by atoms with Gasteiger partial charge in [0.2, 0.25) is 5.16 Å². The number of rotatable bonds is 6. The number of nitro groups is 2. The quantitative estimate of drug-likeness (QED) is 0.327. The molecular formula is C14H8Cl2N6O4S. The van der Waals surface area contributed by atoms with Gasteiger partial charge in [0, 0.05) is 17.9 Å². The van der Waals surface area contributed by atoms with Gasteiger partial charge in [0.15, 0.2) is 0 Å². The molecule has 10 nitrogen and oxygen atoms in total. The molecule has 0 unspecified atom stereocenters. The Labute approximate surface area is 165 Å². The van der Waals surface area contributed by atoms with Crippen molar-refractivity contribution in [1.82, 2.24) is 20.2 Å². The summed E-state index contributed by atoms with van der Waals surface area (Å²) >= 11 is 13.1. The van der Waals surface area contributed by atoms with Gasteiger partial charge in [0.05, 0.1) is 31.6 Å². The van der Waals surface area contributed by atoms with E-state index < -0.39 is 21.2 Å². The average Bonchev–Trinajstić information content (AvgIpc) is 3.11. The molecule has 0 spiro atoms. The van der Waals surface area contributed by atoms with E-state index in [1.54, 1.807) is 18.2 Å². The van der Waals surface area contributed by atoms with Crippen molar-refractivity contribution in [2.45, 2.75) is 10.9 Å². The fourth-order valence-electron chi connectivity index (χ4n) is 2.12. The third-order valence-corrected chi connectivity index (χ3v) is 5.08. The van der Waals surface area contributed by atoms with E-state index in [-0.39, 0.29) is 5.69 Å². The Morgan fingerprint density at radius 3 is 2.26 bits per heavy atom. The largest absolute Gasteiger partial charge is 0.278 e. The lowest BCUT2D eigenvalue weighted by Gasteiger charge is -2.05. The molecule has 3 rings (SSSR count). The van der Waals surface area contributed by atoms with Crippen LogP contribution in [0.15, 0.2) is 41.6 Å². The van der Waals surface area contributed by atoms with Gasteiger partial charge in [0.1, 0.15) is 0 Å². The number of non-ortho nitro benzene ring substituents is 2. The van der Waals surface area contributed by atoms with E-state index in [9.17, 15) is 20.2 Å². The summed E-state index contributed by atoms with van der Waals surface area (Å²) in [4.78, 5) is 20.7. The van der Waals surface area contributed by atoms with Crippen LogP contribution in [0, 0.1) is 20.2 Å². The van der Waals surface area contributed by atoms with Crippen molar-refractivity contribution in [3.05, 3.63) is 72.2 Å². The van der Waals surface area contributed by atoms with Crippen LogP contribution in [0.25, 0.3) is 5.69 Å². The van der Waals surface area contributed by atoms with Crippen molar-refractivity contribution in [3.63, 3.8) is 0 Å². The van der Waals surface area contributed by atoms with Crippen molar-refractivity contribution in [3.8, 4) is 5.69 Å². The van der Waals surface area contributed by atoms with Gasteiger partial charge in [-0.25, -0.2) is 0 Å². The highest BCUT2D eigenvalue weighted by molar-refractivity contribution is 7.98. The molecule has 2 aromatic carbocycles. The third kappa shape index (κ3) is 4.32. The molecular weight excluding hydrogens is 419 g/mol. The first kappa shape index (κ1) is 19.0. The fraction of sp³-hybridized carbons (Fsp3) is 0.0714. The van der Waals surface area contributed by atoms with Gasteiger partial charge < -0.3 is 0 Å². The number of thioether (sulfide) groups is 1. The van der Waals surface area contributed by atoms with E-state index in [1.165, 1.54) is 16.4 Å². The zero-order valence-electron chi connectivity index (χ0n) is 13.2. The molecule has 0 N–H and O–H groups in total. The Kier molecular flexibility index (Phi) is 5.54. The second-order valence-corrected chi connectivity index (χ2v) is 6.89. The molecule has 0 aliphatic carbocycles. The second kappa shape index (κ2) is 7.86. The number of aromatic nitrogens is 4. The Bertz CT molecular complexity index is 1010. The Balaban J connectivity index is 1.91. The molecule has 27 heavy (non-hydrogen) atoms. The van der Waals surface area contributed by atoms with Crippen LogP contribution >= 0.6 is 35.0 Å². The van der Waals surface area contributed by atoms with Crippen LogP contribution in [0.1, 0.15) is 5.56 Å². The second-order valence-electron chi connectivity index (χ2n) is 5.13. The van der Waals surface area contributed by atoms with Gasteiger partial charge in [0.25, 0.3) is 11.4 Å². The van der Waals surface area contributed by atoms with E-state index in [4.69, 9.17) is 23.2 Å². The summed E-state index contributed by atoms with van der Waals surface area (Å²) in [7, 11) is 0. The Hall–Kier alpha value is -2.76. The minimum absolute atomic E-state index is 0.109. The molecule has 0 amide bonds. The predicted molar refractivity (Wildman–Crippen MR) is 98.5 cm³/mol. The Morgan fingerprint density at radius 2 is 1.67 bits per heavy atom. The van der Waals surface area contributed by atoms with Gasteiger partial charge in [-0.1, -0.05) is 41.0 Å². The smallest absolute Gasteiger partial charge is 0.258 e. The number of nitro benzene ring substituents is 2. The van der Waals surface area contributed by atoms with Crippen LogP contribution in [0.3, 0.4) is 0 Å². The van der Waals surface area contributed by atoms with Crippen molar-refractivity contribution in [1.29, 1.82) is 0 Å². The molecule has 0 saturated heterocycles. The standard InChI is InChI=1S/C14H8Cl2N6O4S/c15-12-2-1-8(3-13(12)16)7-27-14-17-18-19-20(14)9-4-10(21(23)24)6-11(5-9)22(25)26/h1-6H,7H2. The lowest BCUT2D eigenvalue weighted by atomic mass is 10.2. The predicted octanol–water partition coefficient (Wildman–Crippen LogP) is 4.08. The summed E-state index contributed by atoms with van der Waals surface area (Å²) in [5.41, 5.74) is 0.0942. The molecule has 0 saturated carbocycles. The van der Waals surface area contributed by atoms with Crippen LogP contribution in [-0.4, -0.2) is 30.1 Å². The Morgan fingerprint density at radius 1 is 1.00 bits per heavy atom. The summed E-state index contributed by atoms with van der Waals surface area (Å²) in [6, 6.07) is 8.33. The van der Waals surface area contributed by atoms with E-state index in [2.05, 4.69) is 15.5 Å². The number of halogens is 2. The highest BCUT2D eigenvalue weighted by Gasteiger charge is 2.20. The van der Waals surface area contributed by atoms with Gasteiger partial charge in [-0.3, -0.25) is 20.2 Å². The van der Waals surface area contributed by atoms with E-state index in [0.29, 0.717) is 21.0 Å². The van der Waals surface area contributed by atoms with E-state index in [1.807, 2.05) is 0 Å². The monoisotopic (exact) mass is 426 g/mol. The van der Waals surface area contributed by atoms with Crippen LogP contribution < -0.4 is 0 Å². The molecule has 0 atom stereocenters. The fourth-order valence-corrected chi connectivity index (χ4v) is 3.28. The molecule has 1 heterocycles. The number of hydrogen-bond donors (Lipinski definition) is 0. The zero-order valence-corrected chi connectivity index (χ0v) is 15.5. The summed E-state index contributed by atoms with van der Waals surface area (Å²) < 4.78 is 1.20. The molecule has 0 radical (unpaired) electrons. The van der Waals surface area contributed by atoms with Gasteiger partial charge >= 0.3 is 0 Å². The van der Waals surface area contributed by atoms with Crippen molar-refractivity contribution < 1.29 is 9.85 Å². The molecule has 0 aliphatic heterocycles. The lowest BCUT2D eigenvalue weighted by molar-refractivity contribution is -0.394. The maximum absolute atomic E-state index is 11.0. The van der Waals surface area contributed by atoms with Crippen LogP contribution in [0.5, 0.6) is 0 Å². The first-order valence-electron chi connectivity index (χ1n) is 7.14. The third-order valence-electron chi connectivity index (χ3n) is 3.35. The first-order valence-corrected chi connectivity index (χ1v) is 8.88. The lowest BCUT2D eigenvalue weighted by Crippen LogP contribution is -2.02. The summed E-state index contributed by atoms with van der Waals surface area (Å²) in [5.74, 6) is 0.439. The summed E-state index contributed by atoms with van der Waals surface area (Å²) in [6.45, 7) is 0. The average molecular weight is 427 g/mol. The molecule has 1 aromatic heterocycles. The molecule has 13 heteroatoms. The molecule has 138 valence electrons.